The van der Waals surface area contributed by atoms with Gasteiger partial charge in [0.1, 0.15) is 0 Å². The summed E-state index contributed by atoms with van der Waals surface area (Å²) >= 11 is 0. The normalized spacial score (nSPS) is 20.6. The number of amides is 2. The summed E-state index contributed by atoms with van der Waals surface area (Å²) in [5.74, 6) is 0.227. The number of nitrogens with zero attached hydrogens (tertiary/aromatic N) is 3. The van der Waals surface area contributed by atoms with Gasteiger partial charge in [-0.25, -0.2) is 0 Å². The number of likely N-dealkylation sites (tertiary alicyclic amines) is 1. The highest BCUT2D eigenvalue weighted by atomic mass is 35.5. The van der Waals surface area contributed by atoms with Crippen LogP contribution >= 0.6 is 12.4 Å². The number of piperazine rings is 1. The number of nitrogens with two attached hydrogens (primary N) is 1. The second kappa shape index (κ2) is 9.33. The average Bonchev–Trinajstić information content (AvgIpc) is 3.00. The van der Waals surface area contributed by atoms with Crippen molar-refractivity contribution in [2.24, 2.45) is 5.73 Å². The van der Waals surface area contributed by atoms with Crippen LogP contribution in [-0.4, -0.2) is 78.4 Å². The molecule has 0 radical (unpaired) electrons. The van der Waals surface area contributed by atoms with Gasteiger partial charge in [-0.3, -0.25) is 14.5 Å². The van der Waals surface area contributed by atoms with Crippen molar-refractivity contribution in [3.8, 4) is 0 Å². The highest BCUT2D eigenvalue weighted by Crippen LogP contribution is 2.10. The van der Waals surface area contributed by atoms with Gasteiger partial charge in [-0.2, -0.15) is 0 Å². The Morgan fingerprint density at radius 2 is 1.55 bits per heavy atom. The Hall–Kier alpha value is -0.850. The lowest BCUT2D eigenvalue weighted by atomic mass is 10.1. The minimum Gasteiger partial charge on any atom is -0.338 e. The third-order valence-electron chi connectivity index (χ3n) is 4.42. The van der Waals surface area contributed by atoms with Crippen LogP contribution in [0.1, 0.15) is 32.6 Å². The molecule has 2 aliphatic rings. The largest absolute Gasteiger partial charge is 0.338 e. The van der Waals surface area contributed by atoms with E-state index in [9.17, 15) is 9.59 Å². The van der Waals surface area contributed by atoms with Crippen molar-refractivity contribution in [1.29, 1.82) is 0 Å². The third kappa shape index (κ3) is 5.11. The summed E-state index contributed by atoms with van der Waals surface area (Å²) < 4.78 is 0. The quantitative estimate of drug-likeness (QED) is 0.786. The van der Waals surface area contributed by atoms with E-state index in [2.05, 4.69) is 4.90 Å². The second-order valence-corrected chi connectivity index (χ2v) is 6.08. The van der Waals surface area contributed by atoms with Gasteiger partial charge >= 0.3 is 0 Å². The van der Waals surface area contributed by atoms with Gasteiger partial charge in [-0.05, 0) is 32.4 Å². The van der Waals surface area contributed by atoms with Gasteiger partial charge in [0.15, 0.2) is 0 Å². The SMILES string of the molecule is CCCC(N)C(=O)N1CCN(C(=O)CN2CCCC2)CC1.Cl. The maximum absolute atomic E-state index is 12.2. The lowest BCUT2D eigenvalue weighted by Crippen LogP contribution is -2.55. The summed E-state index contributed by atoms with van der Waals surface area (Å²) in [5, 5.41) is 0. The fraction of sp³-hybridized carbons (Fsp3) is 0.867. The van der Waals surface area contributed by atoms with E-state index in [1.54, 1.807) is 4.90 Å². The van der Waals surface area contributed by atoms with E-state index in [0.717, 1.165) is 25.9 Å². The number of halogens is 1. The molecule has 0 aromatic rings. The molecule has 128 valence electrons. The van der Waals surface area contributed by atoms with Crippen LogP contribution in [0.15, 0.2) is 0 Å². The van der Waals surface area contributed by atoms with Crippen LogP contribution in [-0.2, 0) is 9.59 Å². The number of carbonyl (C=O) groups is 2. The molecule has 6 nitrogen and oxygen atoms in total. The van der Waals surface area contributed by atoms with Gasteiger partial charge < -0.3 is 15.5 Å². The maximum atomic E-state index is 12.2. The summed E-state index contributed by atoms with van der Waals surface area (Å²) in [6.07, 6.45) is 4.05. The predicted octanol–water partition coefficient (Wildman–Crippen LogP) is 0.302. The molecule has 1 atom stereocenters. The van der Waals surface area contributed by atoms with Gasteiger partial charge in [-0.15, -0.1) is 12.4 Å². The average molecular weight is 333 g/mol. The van der Waals surface area contributed by atoms with Gasteiger partial charge in [0.25, 0.3) is 0 Å². The van der Waals surface area contributed by atoms with Gasteiger partial charge in [0.05, 0.1) is 12.6 Å². The highest BCUT2D eigenvalue weighted by molar-refractivity contribution is 5.85. The molecule has 2 N–H and O–H groups in total. The van der Waals surface area contributed by atoms with E-state index in [0.29, 0.717) is 32.7 Å². The lowest BCUT2D eigenvalue weighted by molar-refractivity contribution is -0.140. The van der Waals surface area contributed by atoms with Gasteiger partial charge in [-0.1, -0.05) is 13.3 Å². The van der Waals surface area contributed by atoms with Gasteiger partial charge in [0, 0.05) is 26.2 Å². The summed E-state index contributed by atoms with van der Waals surface area (Å²) in [6.45, 7) is 7.13. The van der Waals surface area contributed by atoms with Crippen molar-refractivity contribution in [2.45, 2.75) is 38.6 Å². The fourth-order valence-corrected chi connectivity index (χ4v) is 3.08. The van der Waals surface area contributed by atoms with Crippen molar-refractivity contribution >= 4 is 24.2 Å². The topological polar surface area (TPSA) is 69.9 Å². The molecule has 0 saturated carbocycles. The number of carbonyl (C=O) groups excluding carboxylic acids is 2. The van der Waals surface area contributed by atoms with Crippen molar-refractivity contribution in [3.63, 3.8) is 0 Å². The Morgan fingerprint density at radius 3 is 2.09 bits per heavy atom. The summed E-state index contributed by atoms with van der Waals surface area (Å²) in [7, 11) is 0. The Kier molecular flexibility index (Phi) is 8.14. The van der Waals surface area contributed by atoms with Crippen LogP contribution in [0.2, 0.25) is 0 Å². The molecule has 0 aromatic carbocycles. The van der Waals surface area contributed by atoms with Crippen LogP contribution in [0.5, 0.6) is 0 Å². The predicted molar refractivity (Wildman–Crippen MR) is 89.0 cm³/mol. The van der Waals surface area contributed by atoms with E-state index in [4.69, 9.17) is 5.73 Å². The molecule has 0 bridgehead atoms. The second-order valence-electron chi connectivity index (χ2n) is 6.08. The van der Waals surface area contributed by atoms with E-state index in [1.165, 1.54) is 12.8 Å². The molecular weight excluding hydrogens is 304 g/mol. The zero-order valence-electron chi connectivity index (χ0n) is 13.5. The first-order valence-electron chi connectivity index (χ1n) is 8.16. The van der Waals surface area contributed by atoms with Crippen LogP contribution < -0.4 is 5.73 Å². The number of hydrogen-bond donors (Lipinski definition) is 1. The zero-order valence-corrected chi connectivity index (χ0v) is 14.3. The molecule has 2 amide bonds. The molecule has 0 spiro atoms. The van der Waals surface area contributed by atoms with Crippen LogP contribution in [0.25, 0.3) is 0 Å². The van der Waals surface area contributed by atoms with Crippen molar-refractivity contribution < 1.29 is 9.59 Å². The summed E-state index contributed by atoms with van der Waals surface area (Å²) in [6, 6.07) is -0.387. The Bertz CT molecular complexity index is 367. The first-order chi connectivity index (χ1) is 10.1. The van der Waals surface area contributed by atoms with E-state index < -0.39 is 0 Å². The van der Waals surface area contributed by atoms with Crippen LogP contribution in [0.3, 0.4) is 0 Å². The smallest absolute Gasteiger partial charge is 0.239 e. The molecule has 22 heavy (non-hydrogen) atoms. The van der Waals surface area contributed by atoms with E-state index in [-0.39, 0.29) is 30.3 Å². The van der Waals surface area contributed by atoms with Crippen molar-refractivity contribution in [2.75, 3.05) is 45.8 Å². The summed E-state index contributed by atoms with van der Waals surface area (Å²) in [5.41, 5.74) is 5.88. The maximum Gasteiger partial charge on any atom is 0.239 e. The molecule has 0 aliphatic carbocycles. The highest BCUT2D eigenvalue weighted by Gasteiger charge is 2.27. The lowest BCUT2D eigenvalue weighted by Gasteiger charge is -2.36. The molecule has 1 unspecified atom stereocenters. The molecule has 7 heteroatoms. The fourth-order valence-electron chi connectivity index (χ4n) is 3.08. The standard InChI is InChI=1S/C15H28N4O2.ClH/c1-2-5-13(16)15(21)19-10-8-18(9-11-19)14(20)12-17-6-3-4-7-17;/h13H,2-12,16H2,1H3;1H. The molecule has 2 saturated heterocycles. The van der Waals surface area contributed by atoms with Crippen molar-refractivity contribution in [1.82, 2.24) is 14.7 Å². The monoisotopic (exact) mass is 332 g/mol. The van der Waals surface area contributed by atoms with Gasteiger partial charge in [0.2, 0.25) is 11.8 Å². The zero-order chi connectivity index (χ0) is 15.2. The third-order valence-corrected chi connectivity index (χ3v) is 4.42. The Labute approximate surface area is 139 Å². The molecule has 2 fully saturated rings. The minimum absolute atomic E-state index is 0. The number of rotatable bonds is 5. The Morgan fingerprint density at radius 1 is 1.00 bits per heavy atom. The van der Waals surface area contributed by atoms with Crippen LogP contribution in [0, 0.1) is 0 Å². The first kappa shape index (κ1) is 19.2. The van der Waals surface area contributed by atoms with E-state index in [1.807, 2.05) is 11.8 Å². The van der Waals surface area contributed by atoms with E-state index >= 15 is 0 Å². The Balaban J connectivity index is 0.00000242. The molecule has 0 aromatic heterocycles. The minimum atomic E-state index is -0.387. The molecule has 2 aliphatic heterocycles. The number of hydrogen-bond acceptors (Lipinski definition) is 4. The molecular formula is C15H29ClN4O2. The molecule has 2 rings (SSSR count). The van der Waals surface area contributed by atoms with Crippen LogP contribution in [0.4, 0.5) is 0 Å². The first-order valence-corrected chi connectivity index (χ1v) is 8.16. The summed E-state index contributed by atoms with van der Waals surface area (Å²) in [4.78, 5) is 30.3. The van der Waals surface area contributed by atoms with Crippen molar-refractivity contribution in [3.05, 3.63) is 0 Å². The molecule has 2 heterocycles.